The first-order chi connectivity index (χ1) is 3.48. The minimum absolute atomic E-state index is 0.484. The highest BCUT2D eigenvalue weighted by Gasteiger charge is 2.11. The fourth-order valence-corrected chi connectivity index (χ4v) is 0.908. The van der Waals surface area contributed by atoms with Crippen LogP contribution in [0.2, 0.25) is 0 Å². The first kappa shape index (κ1) is 8.30. The number of sulfone groups is 1. The molecule has 0 aliphatic rings. The van der Waals surface area contributed by atoms with Crippen molar-refractivity contribution in [3.63, 3.8) is 0 Å². The Bertz CT molecular complexity index is 147. The third-order valence-electron chi connectivity index (χ3n) is 0.843. The maximum atomic E-state index is 10.5. The normalized spacial score (nSPS) is 15.9. The summed E-state index contributed by atoms with van der Waals surface area (Å²) in [6.45, 7) is 1.79. The quantitative estimate of drug-likeness (QED) is 0.594. The van der Waals surface area contributed by atoms with E-state index in [4.69, 9.17) is 0 Å². The molecule has 1 unspecified atom stereocenters. The third kappa shape index (κ3) is 2.57. The van der Waals surface area contributed by atoms with Crippen LogP contribution in [0.3, 0.4) is 0 Å². The molecule has 0 saturated carbocycles. The van der Waals surface area contributed by atoms with Gasteiger partial charge in [-0.1, -0.05) is 6.92 Å². The minimum Gasteiger partial charge on any atom is -0.228 e. The minimum atomic E-state index is -2.89. The van der Waals surface area contributed by atoms with Crippen molar-refractivity contribution in [2.24, 2.45) is 0 Å². The average Bonchev–Trinajstić information content (AvgIpc) is 1.62. The monoisotopic (exact) mass is 154 g/mol. The molecule has 0 N–H and O–H groups in total. The van der Waals surface area contributed by atoms with E-state index in [0.717, 1.165) is 0 Å². The topological polar surface area (TPSA) is 34.1 Å². The van der Waals surface area contributed by atoms with E-state index in [1.807, 2.05) is 0 Å². The van der Waals surface area contributed by atoms with E-state index < -0.39 is 14.4 Å². The Morgan fingerprint density at radius 1 is 1.62 bits per heavy atom. The lowest BCUT2D eigenvalue weighted by molar-refractivity contribution is 0.598. The van der Waals surface area contributed by atoms with Crippen molar-refractivity contribution in [1.82, 2.24) is 0 Å². The zero-order valence-electron chi connectivity index (χ0n) is 4.96. The fourth-order valence-electron chi connectivity index (χ4n) is 0.303. The van der Waals surface area contributed by atoms with Crippen LogP contribution in [-0.2, 0) is 9.84 Å². The number of thiol groups is 1. The molecule has 0 rings (SSSR count). The van der Waals surface area contributed by atoms with Gasteiger partial charge in [-0.15, -0.1) is 0 Å². The standard InChI is InChI=1S/C4H10O2S2/c1-3-4(7)8(2,5)6/h4,7H,3H2,1-2H3. The Hall–Kier alpha value is 0.300. The molecule has 0 heterocycles. The van der Waals surface area contributed by atoms with Crippen LogP contribution >= 0.6 is 12.6 Å². The van der Waals surface area contributed by atoms with Gasteiger partial charge in [0.15, 0.2) is 9.84 Å². The second-order valence-electron chi connectivity index (χ2n) is 1.69. The Morgan fingerprint density at radius 3 is 2.00 bits per heavy atom. The summed E-state index contributed by atoms with van der Waals surface area (Å²) >= 11 is 3.82. The summed E-state index contributed by atoms with van der Waals surface area (Å²) in [4.78, 5) is 0. The SMILES string of the molecule is CCC(S)S(C)(=O)=O. The molecule has 0 radical (unpaired) electrons. The second kappa shape index (κ2) is 2.73. The number of hydrogen-bond acceptors (Lipinski definition) is 3. The summed E-state index contributed by atoms with van der Waals surface area (Å²) in [5, 5.41) is 0. The summed E-state index contributed by atoms with van der Waals surface area (Å²) in [6.07, 6.45) is 1.76. The molecule has 1 atom stereocenters. The van der Waals surface area contributed by atoms with Gasteiger partial charge in [0.2, 0.25) is 0 Å². The van der Waals surface area contributed by atoms with Crippen LogP contribution in [0.25, 0.3) is 0 Å². The summed E-state index contributed by atoms with van der Waals surface area (Å²) in [5.41, 5.74) is 0. The highest BCUT2D eigenvalue weighted by molar-refractivity contribution is 8.04. The Morgan fingerprint density at radius 2 is 2.00 bits per heavy atom. The molecular formula is C4H10O2S2. The van der Waals surface area contributed by atoms with Crippen LogP contribution in [0.15, 0.2) is 0 Å². The zero-order chi connectivity index (χ0) is 6.78. The average molecular weight is 154 g/mol. The molecule has 0 aromatic carbocycles. The van der Waals surface area contributed by atoms with E-state index >= 15 is 0 Å². The summed E-state index contributed by atoms with van der Waals surface area (Å²) in [7, 11) is -2.89. The van der Waals surface area contributed by atoms with E-state index in [-0.39, 0.29) is 0 Å². The molecular weight excluding hydrogens is 144 g/mol. The zero-order valence-corrected chi connectivity index (χ0v) is 6.67. The molecule has 8 heavy (non-hydrogen) atoms. The molecule has 0 bridgehead atoms. The highest BCUT2D eigenvalue weighted by atomic mass is 32.2. The van der Waals surface area contributed by atoms with Crippen molar-refractivity contribution in [2.75, 3.05) is 6.26 Å². The lowest BCUT2D eigenvalue weighted by Gasteiger charge is -2.01. The van der Waals surface area contributed by atoms with Gasteiger partial charge >= 0.3 is 0 Å². The highest BCUT2D eigenvalue weighted by Crippen LogP contribution is 2.06. The van der Waals surface area contributed by atoms with Crippen LogP contribution in [-0.4, -0.2) is 19.3 Å². The van der Waals surface area contributed by atoms with E-state index in [9.17, 15) is 8.42 Å². The fraction of sp³-hybridized carbons (Fsp3) is 1.00. The third-order valence-corrected chi connectivity index (χ3v) is 3.68. The smallest absolute Gasteiger partial charge is 0.159 e. The maximum Gasteiger partial charge on any atom is 0.159 e. The van der Waals surface area contributed by atoms with Crippen molar-refractivity contribution >= 4 is 22.5 Å². The number of rotatable bonds is 2. The van der Waals surface area contributed by atoms with E-state index in [0.29, 0.717) is 6.42 Å². The van der Waals surface area contributed by atoms with Crippen LogP contribution in [0, 0.1) is 0 Å². The molecule has 0 spiro atoms. The van der Waals surface area contributed by atoms with Crippen molar-refractivity contribution < 1.29 is 8.42 Å². The first-order valence-electron chi connectivity index (χ1n) is 2.35. The molecule has 0 aliphatic carbocycles. The predicted molar refractivity (Wildman–Crippen MR) is 37.9 cm³/mol. The van der Waals surface area contributed by atoms with Crippen LogP contribution in [0.4, 0.5) is 0 Å². The van der Waals surface area contributed by atoms with Crippen molar-refractivity contribution in [1.29, 1.82) is 0 Å². The van der Waals surface area contributed by atoms with Crippen molar-refractivity contribution in [3.05, 3.63) is 0 Å². The van der Waals surface area contributed by atoms with Crippen molar-refractivity contribution in [2.45, 2.75) is 17.9 Å². The van der Waals surface area contributed by atoms with Gasteiger partial charge in [0.25, 0.3) is 0 Å². The summed E-state index contributed by atoms with van der Waals surface area (Å²) in [5.74, 6) is 0. The summed E-state index contributed by atoms with van der Waals surface area (Å²) < 4.78 is 20.5. The van der Waals surface area contributed by atoms with Crippen LogP contribution < -0.4 is 0 Å². The Labute approximate surface area is 55.6 Å². The maximum absolute atomic E-state index is 10.5. The molecule has 4 heteroatoms. The molecule has 0 fully saturated rings. The molecule has 0 aromatic rings. The Kier molecular flexibility index (Phi) is 2.83. The van der Waals surface area contributed by atoms with Crippen LogP contribution in [0.1, 0.15) is 13.3 Å². The lowest BCUT2D eigenvalue weighted by Crippen LogP contribution is -2.11. The predicted octanol–water partition coefficient (Wildman–Crippen LogP) is 0.697. The molecule has 2 nitrogen and oxygen atoms in total. The lowest BCUT2D eigenvalue weighted by atomic mass is 10.6. The molecule has 0 aliphatic heterocycles. The van der Waals surface area contributed by atoms with Crippen molar-refractivity contribution in [3.8, 4) is 0 Å². The number of hydrogen-bond donors (Lipinski definition) is 1. The first-order valence-corrected chi connectivity index (χ1v) is 4.82. The summed E-state index contributed by atoms with van der Waals surface area (Å²) in [6, 6.07) is 0. The molecule has 0 amide bonds. The van der Waals surface area contributed by atoms with E-state index in [1.54, 1.807) is 6.92 Å². The van der Waals surface area contributed by atoms with Gasteiger partial charge in [0.05, 0.1) is 0 Å². The van der Waals surface area contributed by atoms with E-state index in [1.165, 1.54) is 6.26 Å². The second-order valence-corrected chi connectivity index (χ2v) is 4.89. The van der Waals surface area contributed by atoms with Gasteiger partial charge in [0.1, 0.15) is 4.58 Å². The molecule has 0 saturated heterocycles. The Balaban J connectivity index is 4.04. The van der Waals surface area contributed by atoms with Gasteiger partial charge in [0, 0.05) is 6.26 Å². The van der Waals surface area contributed by atoms with Gasteiger partial charge in [-0.3, -0.25) is 0 Å². The molecule has 0 aromatic heterocycles. The largest absolute Gasteiger partial charge is 0.228 e. The van der Waals surface area contributed by atoms with Crippen LogP contribution in [0.5, 0.6) is 0 Å². The van der Waals surface area contributed by atoms with Gasteiger partial charge in [-0.05, 0) is 6.42 Å². The van der Waals surface area contributed by atoms with Gasteiger partial charge in [-0.25, -0.2) is 8.42 Å². The molecule has 50 valence electrons. The van der Waals surface area contributed by atoms with Gasteiger partial charge < -0.3 is 0 Å². The van der Waals surface area contributed by atoms with E-state index in [2.05, 4.69) is 12.6 Å². The van der Waals surface area contributed by atoms with Gasteiger partial charge in [-0.2, -0.15) is 12.6 Å².